The minimum Gasteiger partial charge on any atom is -0.355 e. The van der Waals surface area contributed by atoms with Crippen LogP contribution in [0.5, 0.6) is 0 Å². The molecule has 142 valence electrons. The van der Waals surface area contributed by atoms with Crippen LogP contribution in [0.1, 0.15) is 48.6 Å². The molecule has 26 heavy (non-hydrogen) atoms. The SMILES string of the molecule is Cc1nc(SCC(=O)NCCCN2CCC(C)CC2)c(C#N)c(C)c1C. The number of nitrogens with one attached hydrogen (secondary N) is 1. The highest BCUT2D eigenvalue weighted by Crippen LogP contribution is 2.26. The number of aromatic nitrogens is 1. The lowest BCUT2D eigenvalue weighted by molar-refractivity contribution is -0.118. The Bertz CT molecular complexity index is 675. The van der Waals surface area contributed by atoms with Gasteiger partial charge in [0.25, 0.3) is 0 Å². The van der Waals surface area contributed by atoms with Crippen LogP contribution in [0.15, 0.2) is 5.03 Å². The third-order valence-corrected chi connectivity index (χ3v) is 6.24. The van der Waals surface area contributed by atoms with Gasteiger partial charge in [0.2, 0.25) is 5.91 Å². The molecular weight excluding hydrogens is 344 g/mol. The fraction of sp³-hybridized carbons (Fsp3) is 0.650. The van der Waals surface area contributed by atoms with Gasteiger partial charge in [-0.05, 0) is 76.7 Å². The number of aryl methyl sites for hydroxylation is 1. The smallest absolute Gasteiger partial charge is 0.230 e. The van der Waals surface area contributed by atoms with Crippen molar-refractivity contribution >= 4 is 17.7 Å². The monoisotopic (exact) mass is 374 g/mol. The molecule has 1 saturated heterocycles. The predicted octanol–water partition coefficient (Wildman–Crippen LogP) is 3.21. The summed E-state index contributed by atoms with van der Waals surface area (Å²) in [5.74, 6) is 1.15. The second-order valence-corrected chi connectivity index (χ2v) is 8.22. The van der Waals surface area contributed by atoms with Crippen LogP contribution in [0, 0.1) is 38.0 Å². The molecule has 1 amide bonds. The van der Waals surface area contributed by atoms with E-state index in [4.69, 9.17) is 0 Å². The minimum absolute atomic E-state index is 0.00355. The molecule has 1 N–H and O–H groups in total. The van der Waals surface area contributed by atoms with E-state index in [2.05, 4.69) is 28.2 Å². The molecule has 1 aromatic heterocycles. The Labute approximate surface area is 161 Å². The van der Waals surface area contributed by atoms with E-state index in [-0.39, 0.29) is 5.91 Å². The van der Waals surface area contributed by atoms with Gasteiger partial charge in [0.05, 0.1) is 11.3 Å². The second-order valence-electron chi connectivity index (χ2n) is 7.26. The summed E-state index contributed by atoms with van der Waals surface area (Å²) in [5.41, 5.74) is 3.51. The molecule has 0 saturated carbocycles. The molecule has 0 bridgehead atoms. The topological polar surface area (TPSA) is 69.0 Å². The molecular formula is C20H30N4OS. The van der Waals surface area contributed by atoms with Gasteiger partial charge in [-0.15, -0.1) is 0 Å². The zero-order chi connectivity index (χ0) is 19.1. The molecule has 5 nitrogen and oxygen atoms in total. The molecule has 0 spiro atoms. The standard InChI is InChI=1S/C20H30N4OS/c1-14-6-10-24(11-7-14)9-5-8-22-19(25)13-26-20-18(12-21)16(3)15(2)17(4)23-20/h14H,5-11,13H2,1-4H3,(H,22,25). The number of rotatable bonds is 7. The van der Waals surface area contributed by atoms with Crippen LogP contribution in [0.2, 0.25) is 0 Å². The van der Waals surface area contributed by atoms with E-state index in [0.29, 0.717) is 22.9 Å². The third kappa shape index (κ3) is 5.72. The van der Waals surface area contributed by atoms with E-state index < -0.39 is 0 Å². The fourth-order valence-corrected chi connectivity index (χ4v) is 4.06. The van der Waals surface area contributed by atoms with Gasteiger partial charge in [-0.3, -0.25) is 4.79 Å². The first-order valence-electron chi connectivity index (χ1n) is 9.42. The quantitative estimate of drug-likeness (QED) is 0.586. The first-order chi connectivity index (χ1) is 12.4. The van der Waals surface area contributed by atoms with E-state index in [1.807, 2.05) is 20.8 Å². The maximum Gasteiger partial charge on any atom is 0.230 e. The Balaban J connectivity index is 1.73. The summed E-state index contributed by atoms with van der Waals surface area (Å²) in [4.78, 5) is 19.1. The van der Waals surface area contributed by atoms with Crippen LogP contribution >= 0.6 is 11.8 Å². The van der Waals surface area contributed by atoms with Crippen molar-refractivity contribution in [2.45, 2.75) is 52.0 Å². The second kappa shape index (κ2) is 9.94. The summed E-state index contributed by atoms with van der Waals surface area (Å²) in [5, 5.41) is 13.0. The summed E-state index contributed by atoms with van der Waals surface area (Å²) in [6.45, 7) is 12.3. The lowest BCUT2D eigenvalue weighted by atomic mass is 9.99. The van der Waals surface area contributed by atoms with Crippen LogP contribution in [-0.4, -0.2) is 47.7 Å². The number of hydrogen-bond acceptors (Lipinski definition) is 5. The molecule has 1 aromatic rings. The largest absolute Gasteiger partial charge is 0.355 e. The number of amides is 1. The first kappa shape index (κ1) is 20.7. The number of hydrogen-bond donors (Lipinski definition) is 1. The van der Waals surface area contributed by atoms with Crippen LogP contribution < -0.4 is 5.32 Å². The Morgan fingerprint density at radius 3 is 2.65 bits per heavy atom. The van der Waals surface area contributed by atoms with Gasteiger partial charge < -0.3 is 10.2 Å². The van der Waals surface area contributed by atoms with Crippen LogP contribution in [0.25, 0.3) is 0 Å². The number of nitriles is 1. The molecule has 0 radical (unpaired) electrons. The average Bonchev–Trinajstić information content (AvgIpc) is 2.63. The average molecular weight is 375 g/mol. The zero-order valence-electron chi connectivity index (χ0n) is 16.4. The third-order valence-electron chi connectivity index (χ3n) is 5.26. The summed E-state index contributed by atoms with van der Waals surface area (Å²) in [6.07, 6.45) is 3.55. The van der Waals surface area contributed by atoms with Crippen molar-refractivity contribution in [2.24, 2.45) is 5.92 Å². The molecule has 0 atom stereocenters. The molecule has 2 heterocycles. The summed E-state index contributed by atoms with van der Waals surface area (Å²) >= 11 is 1.35. The van der Waals surface area contributed by atoms with E-state index in [1.165, 1.54) is 37.7 Å². The molecule has 0 unspecified atom stereocenters. The molecule has 6 heteroatoms. The first-order valence-corrected chi connectivity index (χ1v) is 10.4. The number of carbonyl (C=O) groups excluding carboxylic acids is 1. The van der Waals surface area contributed by atoms with Crippen LogP contribution in [-0.2, 0) is 4.79 Å². The lowest BCUT2D eigenvalue weighted by Gasteiger charge is -2.30. The van der Waals surface area contributed by atoms with Crippen molar-refractivity contribution in [3.8, 4) is 6.07 Å². The molecule has 1 aliphatic heterocycles. The van der Waals surface area contributed by atoms with Gasteiger partial charge in [-0.2, -0.15) is 5.26 Å². The van der Waals surface area contributed by atoms with Crippen molar-refractivity contribution in [1.29, 1.82) is 5.26 Å². The lowest BCUT2D eigenvalue weighted by Crippen LogP contribution is -2.35. The number of nitrogens with zero attached hydrogens (tertiary/aromatic N) is 3. The summed E-state index contributed by atoms with van der Waals surface area (Å²) < 4.78 is 0. The van der Waals surface area contributed by atoms with Crippen LogP contribution in [0.3, 0.4) is 0 Å². The van der Waals surface area contributed by atoms with Crippen molar-refractivity contribution < 1.29 is 4.79 Å². The van der Waals surface area contributed by atoms with Crippen molar-refractivity contribution in [1.82, 2.24) is 15.2 Å². The summed E-state index contributed by atoms with van der Waals surface area (Å²) in [6, 6.07) is 2.23. The van der Waals surface area contributed by atoms with E-state index in [1.54, 1.807) is 0 Å². The predicted molar refractivity (Wildman–Crippen MR) is 106 cm³/mol. The zero-order valence-corrected chi connectivity index (χ0v) is 17.2. The number of carbonyl (C=O) groups is 1. The Morgan fingerprint density at radius 1 is 1.31 bits per heavy atom. The van der Waals surface area contributed by atoms with Gasteiger partial charge in [0.1, 0.15) is 11.1 Å². The van der Waals surface area contributed by atoms with Crippen molar-refractivity contribution in [3.05, 3.63) is 22.4 Å². The van der Waals surface area contributed by atoms with E-state index >= 15 is 0 Å². The van der Waals surface area contributed by atoms with Gasteiger partial charge in [0.15, 0.2) is 0 Å². The molecule has 0 aromatic carbocycles. The number of pyridine rings is 1. The fourth-order valence-electron chi connectivity index (χ4n) is 3.15. The van der Waals surface area contributed by atoms with E-state index in [9.17, 15) is 10.1 Å². The Hall–Kier alpha value is -1.58. The number of piperidine rings is 1. The Morgan fingerprint density at radius 2 is 2.00 bits per heavy atom. The highest BCUT2D eigenvalue weighted by Gasteiger charge is 2.16. The number of thioether (sulfide) groups is 1. The van der Waals surface area contributed by atoms with Crippen molar-refractivity contribution in [2.75, 3.05) is 31.9 Å². The molecule has 1 fully saturated rings. The highest BCUT2D eigenvalue weighted by molar-refractivity contribution is 8.00. The molecule has 0 aliphatic carbocycles. The van der Waals surface area contributed by atoms with Gasteiger partial charge in [-0.1, -0.05) is 18.7 Å². The maximum atomic E-state index is 12.1. The van der Waals surface area contributed by atoms with E-state index in [0.717, 1.165) is 35.7 Å². The maximum absolute atomic E-state index is 12.1. The normalized spacial score (nSPS) is 15.7. The van der Waals surface area contributed by atoms with Gasteiger partial charge in [-0.25, -0.2) is 4.98 Å². The van der Waals surface area contributed by atoms with Crippen LogP contribution in [0.4, 0.5) is 0 Å². The van der Waals surface area contributed by atoms with Crippen molar-refractivity contribution in [3.63, 3.8) is 0 Å². The van der Waals surface area contributed by atoms with Gasteiger partial charge >= 0.3 is 0 Å². The Kier molecular flexibility index (Phi) is 7.92. The minimum atomic E-state index is 0.00355. The molecule has 2 rings (SSSR count). The van der Waals surface area contributed by atoms with Gasteiger partial charge in [0, 0.05) is 12.2 Å². The number of likely N-dealkylation sites (tertiary alicyclic amines) is 1. The molecule has 1 aliphatic rings. The summed E-state index contributed by atoms with van der Waals surface area (Å²) in [7, 11) is 0. The highest BCUT2D eigenvalue weighted by atomic mass is 32.2.